The van der Waals surface area contributed by atoms with Crippen LogP contribution in [0.1, 0.15) is 20.3 Å². The average molecular weight is 236 g/mol. The van der Waals surface area contributed by atoms with E-state index in [0.29, 0.717) is 0 Å². The van der Waals surface area contributed by atoms with Crippen molar-refractivity contribution < 1.29 is 4.74 Å². The molecule has 0 aliphatic carbocycles. The number of hydrogen-bond acceptors (Lipinski definition) is 3. The molecule has 17 heavy (non-hydrogen) atoms. The molecule has 1 rings (SSSR count). The van der Waals surface area contributed by atoms with E-state index in [2.05, 4.69) is 30.1 Å². The Morgan fingerprint density at radius 3 is 2.65 bits per heavy atom. The highest BCUT2D eigenvalue weighted by molar-refractivity contribution is 5.47. The van der Waals surface area contributed by atoms with Crippen molar-refractivity contribution in [3.63, 3.8) is 0 Å². The number of benzene rings is 1. The van der Waals surface area contributed by atoms with Crippen LogP contribution < -0.4 is 10.1 Å². The first-order chi connectivity index (χ1) is 8.30. The second kappa shape index (κ2) is 7.96. The number of anilines is 1. The van der Waals surface area contributed by atoms with Crippen molar-refractivity contribution in [2.24, 2.45) is 0 Å². The highest BCUT2D eigenvalue weighted by Gasteiger charge is 1.98. The Balaban J connectivity index is 2.26. The monoisotopic (exact) mass is 236 g/mol. The van der Waals surface area contributed by atoms with Crippen LogP contribution in [0, 0.1) is 0 Å². The maximum absolute atomic E-state index is 5.19. The van der Waals surface area contributed by atoms with E-state index >= 15 is 0 Å². The molecule has 1 N–H and O–H groups in total. The Hall–Kier alpha value is -1.22. The van der Waals surface area contributed by atoms with Crippen molar-refractivity contribution in [2.75, 3.05) is 38.6 Å². The molecular weight excluding hydrogens is 212 g/mol. The summed E-state index contributed by atoms with van der Waals surface area (Å²) >= 11 is 0. The lowest BCUT2D eigenvalue weighted by Crippen LogP contribution is -2.25. The normalized spacial score (nSPS) is 10.6. The molecule has 0 unspecified atom stereocenters. The molecule has 0 saturated heterocycles. The van der Waals surface area contributed by atoms with Crippen LogP contribution in [0.15, 0.2) is 24.3 Å². The molecule has 0 bridgehead atoms. The van der Waals surface area contributed by atoms with Gasteiger partial charge in [-0.1, -0.05) is 19.9 Å². The van der Waals surface area contributed by atoms with Crippen LogP contribution >= 0.6 is 0 Å². The van der Waals surface area contributed by atoms with E-state index in [1.54, 1.807) is 7.11 Å². The number of hydrogen-bond donors (Lipinski definition) is 1. The first-order valence-electron chi connectivity index (χ1n) is 6.40. The Bertz CT molecular complexity index is 311. The minimum absolute atomic E-state index is 0.902. The van der Waals surface area contributed by atoms with Gasteiger partial charge < -0.3 is 15.0 Å². The van der Waals surface area contributed by atoms with Crippen LogP contribution in [-0.4, -0.2) is 38.2 Å². The molecule has 0 atom stereocenters. The van der Waals surface area contributed by atoms with Crippen LogP contribution in [-0.2, 0) is 0 Å². The summed E-state index contributed by atoms with van der Waals surface area (Å²) in [5, 5.41) is 3.42. The van der Waals surface area contributed by atoms with Gasteiger partial charge >= 0.3 is 0 Å². The van der Waals surface area contributed by atoms with Crippen LogP contribution in [0.3, 0.4) is 0 Å². The second-order valence-electron chi connectivity index (χ2n) is 4.04. The Kier molecular flexibility index (Phi) is 6.48. The summed E-state index contributed by atoms with van der Waals surface area (Å²) in [6.45, 7) is 8.84. The topological polar surface area (TPSA) is 24.5 Å². The van der Waals surface area contributed by atoms with Gasteiger partial charge in [-0.3, -0.25) is 0 Å². The standard InChI is InChI=1S/C14H24N2O/c1-4-16(5-2)11-7-10-15-13-8-6-9-14(12-13)17-3/h6,8-9,12,15H,4-5,7,10-11H2,1-3H3. The van der Waals surface area contributed by atoms with Gasteiger partial charge in [-0.2, -0.15) is 0 Å². The van der Waals surface area contributed by atoms with Crippen molar-refractivity contribution in [3.05, 3.63) is 24.3 Å². The smallest absolute Gasteiger partial charge is 0.120 e. The zero-order chi connectivity index (χ0) is 12.5. The van der Waals surface area contributed by atoms with Gasteiger partial charge in [-0.05, 0) is 38.2 Å². The van der Waals surface area contributed by atoms with Crippen LogP contribution in [0.25, 0.3) is 0 Å². The van der Waals surface area contributed by atoms with Gasteiger partial charge in [-0.15, -0.1) is 0 Å². The lowest BCUT2D eigenvalue weighted by atomic mass is 10.3. The van der Waals surface area contributed by atoms with Crippen LogP contribution in [0.5, 0.6) is 5.75 Å². The van der Waals surface area contributed by atoms with Gasteiger partial charge in [0.1, 0.15) is 5.75 Å². The summed E-state index contributed by atoms with van der Waals surface area (Å²) in [4.78, 5) is 2.44. The number of methoxy groups -OCH3 is 1. The zero-order valence-corrected chi connectivity index (χ0v) is 11.2. The van der Waals surface area contributed by atoms with Crippen molar-refractivity contribution in [1.29, 1.82) is 0 Å². The fourth-order valence-electron chi connectivity index (χ4n) is 1.81. The van der Waals surface area contributed by atoms with Gasteiger partial charge in [0, 0.05) is 18.3 Å². The molecule has 0 aliphatic rings. The first kappa shape index (κ1) is 13.8. The lowest BCUT2D eigenvalue weighted by Gasteiger charge is -2.18. The first-order valence-corrected chi connectivity index (χ1v) is 6.40. The maximum atomic E-state index is 5.19. The summed E-state index contributed by atoms with van der Waals surface area (Å²) in [5.41, 5.74) is 1.13. The third kappa shape index (κ3) is 5.09. The van der Waals surface area contributed by atoms with E-state index in [9.17, 15) is 0 Å². The minimum atomic E-state index is 0.902. The molecule has 0 radical (unpaired) electrons. The van der Waals surface area contributed by atoms with Crippen molar-refractivity contribution >= 4 is 5.69 Å². The highest BCUT2D eigenvalue weighted by Crippen LogP contribution is 2.16. The molecule has 3 heteroatoms. The molecule has 1 aromatic rings. The van der Waals surface area contributed by atoms with Crippen LogP contribution in [0.2, 0.25) is 0 Å². The van der Waals surface area contributed by atoms with Gasteiger partial charge in [0.05, 0.1) is 7.11 Å². The van der Waals surface area contributed by atoms with Gasteiger partial charge in [0.25, 0.3) is 0 Å². The predicted octanol–water partition coefficient (Wildman–Crippen LogP) is 2.84. The van der Waals surface area contributed by atoms with Gasteiger partial charge in [0.15, 0.2) is 0 Å². The molecule has 0 spiro atoms. The van der Waals surface area contributed by atoms with Crippen molar-refractivity contribution in [2.45, 2.75) is 20.3 Å². The van der Waals surface area contributed by atoms with Gasteiger partial charge in [0.2, 0.25) is 0 Å². The molecule has 0 saturated carbocycles. The van der Waals surface area contributed by atoms with Crippen LogP contribution in [0.4, 0.5) is 5.69 Å². The Labute approximate surface area is 105 Å². The molecule has 0 amide bonds. The largest absolute Gasteiger partial charge is 0.497 e. The zero-order valence-electron chi connectivity index (χ0n) is 11.2. The SMILES string of the molecule is CCN(CC)CCCNc1cccc(OC)c1. The molecular formula is C14H24N2O. The molecule has 0 aromatic heterocycles. The van der Waals surface area contributed by atoms with E-state index in [1.165, 1.54) is 6.42 Å². The summed E-state index contributed by atoms with van der Waals surface area (Å²) in [6, 6.07) is 8.06. The maximum Gasteiger partial charge on any atom is 0.120 e. The third-order valence-corrected chi connectivity index (χ3v) is 2.94. The predicted molar refractivity (Wildman–Crippen MR) is 73.9 cm³/mol. The molecule has 3 nitrogen and oxygen atoms in total. The third-order valence-electron chi connectivity index (χ3n) is 2.94. The summed E-state index contributed by atoms with van der Waals surface area (Å²) in [5.74, 6) is 0.902. The summed E-state index contributed by atoms with van der Waals surface area (Å²) < 4.78 is 5.19. The van der Waals surface area contributed by atoms with Gasteiger partial charge in [-0.25, -0.2) is 0 Å². The quantitative estimate of drug-likeness (QED) is 0.702. The fraction of sp³-hybridized carbons (Fsp3) is 0.571. The number of ether oxygens (including phenoxy) is 1. The Morgan fingerprint density at radius 1 is 1.24 bits per heavy atom. The molecule has 1 aromatic carbocycles. The Morgan fingerprint density at radius 2 is 2.00 bits per heavy atom. The fourth-order valence-corrected chi connectivity index (χ4v) is 1.81. The molecule has 96 valence electrons. The van der Waals surface area contributed by atoms with Crippen molar-refractivity contribution in [1.82, 2.24) is 4.90 Å². The highest BCUT2D eigenvalue weighted by atomic mass is 16.5. The summed E-state index contributed by atoms with van der Waals surface area (Å²) in [6.07, 6.45) is 1.17. The van der Waals surface area contributed by atoms with Crippen molar-refractivity contribution in [3.8, 4) is 5.75 Å². The molecule has 0 aliphatic heterocycles. The molecule has 0 fully saturated rings. The van der Waals surface area contributed by atoms with E-state index in [1.807, 2.05) is 18.2 Å². The number of rotatable bonds is 8. The summed E-state index contributed by atoms with van der Waals surface area (Å²) in [7, 11) is 1.69. The van der Waals surface area contributed by atoms with E-state index in [4.69, 9.17) is 4.74 Å². The minimum Gasteiger partial charge on any atom is -0.497 e. The number of nitrogens with zero attached hydrogens (tertiary/aromatic N) is 1. The van der Waals surface area contributed by atoms with E-state index < -0.39 is 0 Å². The lowest BCUT2D eigenvalue weighted by molar-refractivity contribution is 0.303. The second-order valence-corrected chi connectivity index (χ2v) is 4.04. The van der Waals surface area contributed by atoms with E-state index in [0.717, 1.165) is 37.6 Å². The van der Waals surface area contributed by atoms with E-state index in [-0.39, 0.29) is 0 Å². The molecule has 0 heterocycles. The number of nitrogens with one attached hydrogen (secondary N) is 1. The average Bonchev–Trinajstić information content (AvgIpc) is 2.39.